The summed E-state index contributed by atoms with van der Waals surface area (Å²) < 4.78 is 6.21. The van der Waals surface area contributed by atoms with Crippen molar-refractivity contribution in [2.24, 2.45) is 5.92 Å². The molecule has 20 heavy (non-hydrogen) atoms. The van der Waals surface area contributed by atoms with Gasteiger partial charge < -0.3 is 10.1 Å². The highest BCUT2D eigenvalue weighted by molar-refractivity contribution is 5.24. The summed E-state index contributed by atoms with van der Waals surface area (Å²) in [6.45, 7) is 8.47. The van der Waals surface area contributed by atoms with Gasteiger partial charge in [-0.2, -0.15) is 0 Å². The van der Waals surface area contributed by atoms with Crippen molar-refractivity contribution in [3.63, 3.8) is 0 Å². The van der Waals surface area contributed by atoms with Crippen LogP contribution in [0.25, 0.3) is 0 Å². The van der Waals surface area contributed by atoms with E-state index in [1.807, 2.05) is 0 Å². The van der Waals surface area contributed by atoms with E-state index in [1.165, 1.54) is 36.8 Å². The second-order valence-corrected chi connectivity index (χ2v) is 6.31. The normalized spacial score (nSPS) is 17.9. The predicted molar refractivity (Wildman–Crippen MR) is 85.0 cm³/mol. The molecule has 0 spiro atoms. The predicted octanol–water partition coefficient (Wildman–Crippen LogP) is 4.24. The Morgan fingerprint density at radius 3 is 2.80 bits per heavy atom. The SMILES string of the molecule is CCCC(C)COC(CNC1CC1)c1cccc(C)c1. The Bertz CT molecular complexity index is 400. The Labute approximate surface area is 123 Å². The zero-order valence-corrected chi connectivity index (χ0v) is 13.2. The fourth-order valence-electron chi connectivity index (χ4n) is 2.56. The van der Waals surface area contributed by atoms with Gasteiger partial charge in [0.05, 0.1) is 12.7 Å². The Kier molecular flexibility index (Phi) is 6.06. The lowest BCUT2D eigenvalue weighted by molar-refractivity contribution is 0.0297. The van der Waals surface area contributed by atoms with Gasteiger partial charge in [-0.15, -0.1) is 0 Å². The fraction of sp³-hybridized carbons (Fsp3) is 0.667. The van der Waals surface area contributed by atoms with Gasteiger partial charge in [-0.1, -0.05) is 50.1 Å². The molecule has 0 heterocycles. The van der Waals surface area contributed by atoms with Crippen LogP contribution >= 0.6 is 0 Å². The van der Waals surface area contributed by atoms with Crippen LogP contribution in [0.4, 0.5) is 0 Å². The Hall–Kier alpha value is -0.860. The molecule has 1 saturated carbocycles. The molecule has 2 atom stereocenters. The van der Waals surface area contributed by atoms with Gasteiger partial charge >= 0.3 is 0 Å². The number of rotatable bonds is 9. The van der Waals surface area contributed by atoms with Gasteiger partial charge in [0.1, 0.15) is 0 Å². The number of hydrogen-bond acceptors (Lipinski definition) is 2. The minimum absolute atomic E-state index is 0.190. The molecule has 1 N–H and O–H groups in total. The van der Waals surface area contributed by atoms with Gasteiger partial charge in [-0.05, 0) is 37.7 Å². The summed E-state index contributed by atoms with van der Waals surface area (Å²) >= 11 is 0. The largest absolute Gasteiger partial charge is 0.372 e. The number of nitrogens with one attached hydrogen (secondary N) is 1. The average molecular weight is 275 g/mol. The molecule has 0 aliphatic heterocycles. The second kappa shape index (κ2) is 7.80. The summed E-state index contributed by atoms with van der Waals surface area (Å²) in [4.78, 5) is 0. The van der Waals surface area contributed by atoms with E-state index >= 15 is 0 Å². The molecule has 2 unspecified atom stereocenters. The molecule has 0 saturated heterocycles. The van der Waals surface area contributed by atoms with Gasteiger partial charge in [-0.25, -0.2) is 0 Å². The zero-order chi connectivity index (χ0) is 14.4. The molecule has 1 aromatic rings. The topological polar surface area (TPSA) is 21.3 Å². The van der Waals surface area contributed by atoms with Gasteiger partial charge in [0, 0.05) is 12.6 Å². The van der Waals surface area contributed by atoms with Gasteiger partial charge in [0.25, 0.3) is 0 Å². The van der Waals surface area contributed by atoms with E-state index in [4.69, 9.17) is 4.74 Å². The van der Waals surface area contributed by atoms with Crippen LogP contribution in [0, 0.1) is 12.8 Å². The highest BCUT2D eigenvalue weighted by atomic mass is 16.5. The zero-order valence-electron chi connectivity index (χ0n) is 13.2. The Balaban J connectivity index is 1.92. The maximum absolute atomic E-state index is 6.21. The monoisotopic (exact) mass is 275 g/mol. The van der Waals surface area contributed by atoms with E-state index in [2.05, 4.69) is 50.4 Å². The molecule has 2 heteroatoms. The fourth-order valence-corrected chi connectivity index (χ4v) is 2.56. The molecule has 112 valence electrons. The molecule has 2 rings (SSSR count). The van der Waals surface area contributed by atoms with Gasteiger partial charge in [-0.3, -0.25) is 0 Å². The third-order valence-electron chi connectivity index (χ3n) is 3.95. The summed E-state index contributed by atoms with van der Waals surface area (Å²) in [6.07, 6.45) is 5.32. The molecule has 1 aliphatic carbocycles. The highest BCUT2D eigenvalue weighted by Crippen LogP contribution is 2.23. The summed E-state index contributed by atoms with van der Waals surface area (Å²) in [5, 5.41) is 3.61. The molecule has 0 radical (unpaired) electrons. The Morgan fingerprint density at radius 1 is 1.35 bits per heavy atom. The first kappa shape index (κ1) is 15.5. The van der Waals surface area contributed by atoms with Crippen LogP contribution in [0.5, 0.6) is 0 Å². The molecule has 0 amide bonds. The molecule has 2 nitrogen and oxygen atoms in total. The maximum atomic E-state index is 6.21. The number of aryl methyl sites for hydroxylation is 1. The van der Waals surface area contributed by atoms with Crippen molar-refractivity contribution >= 4 is 0 Å². The number of hydrogen-bond donors (Lipinski definition) is 1. The smallest absolute Gasteiger partial charge is 0.0949 e. The van der Waals surface area contributed by atoms with E-state index < -0.39 is 0 Å². The van der Waals surface area contributed by atoms with Crippen molar-refractivity contribution in [1.29, 1.82) is 0 Å². The lowest BCUT2D eigenvalue weighted by Gasteiger charge is -2.21. The van der Waals surface area contributed by atoms with Crippen LogP contribution < -0.4 is 5.32 Å². The first-order valence-corrected chi connectivity index (χ1v) is 8.10. The van der Waals surface area contributed by atoms with Crippen molar-refractivity contribution in [2.75, 3.05) is 13.2 Å². The molecule has 1 aromatic carbocycles. The van der Waals surface area contributed by atoms with Crippen molar-refractivity contribution < 1.29 is 4.74 Å². The molecular weight excluding hydrogens is 246 g/mol. The van der Waals surface area contributed by atoms with Crippen LogP contribution in [-0.4, -0.2) is 19.2 Å². The van der Waals surface area contributed by atoms with E-state index in [0.29, 0.717) is 5.92 Å². The molecule has 0 aromatic heterocycles. The van der Waals surface area contributed by atoms with E-state index in [-0.39, 0.29) is 6.10 Å². The van der Waals surface area contributed by atoms with Crippen LogP contribution in [0.1, 0.15) is 56.8 Å². The minimum Gasteiger partial charge on any atom is -0.372 e. The van der Waals surface area contributed by atoms with Gasteiger partial charge in [0.2, 0.25) is 0 Å². The van der Waals surface area contributed by atoms with E-state index in [1.54, 1.807) is 0 Å². The second-order valence-electron chi connectivity index (χ2n) is 6.31. The summed E-state index contributed by atoms with van der Waals surface area (Å²) in [7, 11) is 0. The van der Waals surface area contributed by atoms with Crippen molar-refractivity contribution in [1.82, 2.24) is 5.32 Å². The van der Waals surface area contributed by atoms with Crippen molar-refractivity contribution in [2.45, 2.75) is 58.6 Å². The lowest BCUT2D eigenvalue weighted by atomic mass is 10.1. The highest BCUT2D eigenvalue weighted by Gasteiger charge is 2.23. The number of benzene rings is 1. The third kappa shape index (κ3) is 5.26. The summed E-state index contributed by atoms with van der Waals surface area (Å²) in [5.74, 6) is 0.647. The van der Waals surface area contributed by atoms with Crippen LogP contribution in [-0.2, 0) is 4.74 Å². The Morgan fingerprint density at radius 2 is 2.15 bits per heavy atom. The number of ether oxygens (including phenoxy) is 1. The first-order chi connectivity index (χ1) is 9.69. The van der Waals surface area contributed by atoms with E-state index in [9.17, 15) is 0 Å². The lowest BCUT2D eigenvalue weighted by Crippen LogP contribution is -2.26. The molecule has 1 fully saturated rings. The van der Waals surface area contributed by atoms with Gasteiger partial charge in [0.15, 0.2) is 0 Å². The van der Waals surface area contributed by atoms with Crippen LogP contribution in [0.3, 0.4) is 0 Å². The quantitative estimate of drug-likeness (QED) is 0.728. The molecule has 1 aliphatic rings. The standard InChI is InChI=1S/C18H29NO/c1-4-6-15(3)13-20-18(12-19-17-9-10-17)16-8-5-7-14(2)11-16/h5,7-8,11,15,17-19H,4,6,9-10,12-13H2,1-3H3. The first-order valence-electron chi connectivity index (χ1n) is 8.10. The maximum Gasteiger partial charge on any atom is 0.0949 e. The molecule has 0 bridgehead atoms. The van der Waals surface area contributed by atoms with Crippen molar-refractivity contribution in [3.05, 3.63) is 35.4 Å². The van der Waals surface area contributed by atoms with Crippen LogP contribution in [0.15, 0.2) is 24.3 Å². The summed E-state index contributed by atoms with van der Waals surface area (Å²) in [6, 6.07) is 9.46. The average Bonchev–Trinajstić information content (AvgIpc) is 3.23. The van der Waals surface area contributed by atoms with Crippen LogP contribution in [0.2, 0.25) is 0 Å². The van der Waals surface area contributed by atoms with E-state index in [0.717, 1.165) is 19.2 Å². The third-order valence-corrected chi connectivity index (χ3v) is 3.95. The summed E-state index contributed by atoms with van der Waals surface area (Å²) in [5.41, 5.74) is 2.62. The van der Waals surface area contributed by atoms with Crippen molar-refractivity contribution in [3.8, 4) is 0 Å². The minimum atomic E-state index is 0.190. The molecular formula is C18H29NO.